The molecular weight excluding hydrogens is 324 g/mol. The van der Waals surface area contributed by atoms with Gasteiger partial charge in [0, 0.05) is 13.0 Å². The molecule has 1 aliphatic heterocycles. The Balaban J connectivity index is 2.05. The predicted octanol–water partition coefficient (Wildman–Crippen LogP) is 2.16. The molecule has 0 bridgehead atoms. The summed E-state index contributed by atoms with van der Waals surface area (Å²) in [6.45, 7) is 2.24. The van der Waals surface area contributed by atoms with Crippen molar-refractivity contribution in [2.45, 2.75) is 30.7 Å². The summed E-state index contributed by atoms with van der Waals surface area (Å²) in [4.78, 5) is 11.8. The lowest BCUT2D eigenvalue weighted by Gasteiger charge is -2.35. The van der Waals surface area contributed by atoms with Crippen molar-refractivity contribution in [2.24, 2.45) is 5.73 Å². The van der Waals surface area contributed by atoms with Gasteiger partial charge in [0.15, 0.2) is 0 Å². The molecule has 0 radical (unpaired) electrons. The third-order valence-electron chi connectivity index (χ3n) is 4.39. The SMILES string of the molecule is Cc1ccc(S(=O)(=O)N2CCc3ccccc3C2CC(N)=O)cc1. The largest absolute Gasteiger partial charge is 0.370 e. The van der Waals surface area contributed by atoms with Crippen LogP contribution in [0.5, 0.6) is 0 Å². The number of sulfonamides is 1. The molecule has 2 N–H and O–H groups in total. The van der Waals surface area contributed by atoms with E-state index in [0.29, 0.717) is 13.0 Å². The van der Waals surface area contributed by atoms with Gasteiger partial charge in [0.1, 0.15) is 0 Å². The summed E-state index contributed by atoms with van der Waals surface area (Å²) in [5.74, 6) is -0.513. The van der Waals surface area contributed by atoms with Crippen molar-refractivity contribution in [3.05, 3.63) is 65.2 Å². The van der Waals surface area contributed by atoms with E-state index < -0.39 is 22.0 Å². The van der Waals surface area contributed by atoms with Gasteiger partial charge in [0.2, 0.25) is 15.9 Å². The molecule has 0 fully saturated rings. The fourth-order valence-electron chi connectivity index (χ4n) is 3.16. The van der Waals surface area contributed by atoms with Crippen LogP contribution < -0.4 is 5.73 Å². The molecule has 0 spiro atoms. The van der Waals surface area contributed by atoms with E-state index in [-0.39, 0.29) is 11.3 Å². The molecule has 3 rings (SSSR count). The number of hydrogen-bond acceptors (Lipinski definition) is 3. The summed E-state index contributed by atoms with van der Waals surface area (Å²) >= 11 is 0. The van der Waals surface area contributed by atoms with Crippen LogP contribution in [-0.2, 0) is 21.2 Å². The molecule has 24 heavy (non-hydrogen) atoms. The number of primary amides is 1. The highest BCUT2D eigenvalue weighted by atomic mass is 32.2. The first-order valence-corrected chi connectivity index (χ1v) is 9.28. The van der Waals surface area contributed by atoms with Crippen LogP contribution in [0.25, 0.3) is 0 Å². The summed E-state index contributed by atoms with van der Waals surface area (Å²) < 4.78 is 27.6. The van der Waals surface area contributed by atoms with Crippen LogP contribution in [0.4, 0.5) is 0 Å². The molecule has 2 aromatic carbocycles. The van der Waals surface area contributed by atoms with Gasteiger partial charge < -0.3 is 5.73 Å². The molecule has 1 amide bonds. The first-order chi connectivity index (χ1) is 11.4. The third-order valence-corrected chi connectivity index (χ3v) is 6.31. The zero-order chi connectivity index (χ0) is 17.3. The Morgan fingerprint density at radius 3 is 2.50 bits per heavy atom. The summed E-state index contributed by atoms with van der Waals surface area (Å²) in [7, 11) is -3.69. The van der Waals surface area contributed by atoms with Crippen LogP contribution in [0, 0.1) is 6.92 Å². The highest BCUT2D eigenvalue weighted by molar-refractivity contribution is 7.89. The standard InChI is InChI=1S/C18H20N2O3S/c1-13-6-8-15(9-7-13)24(22,23)20-11-10-14-4-2-3-5-16(14)17(20)12-18(19)21/h2-9,17H,10-12H2,1H3,(H2,19,21). The number of rotatable bonds is 4. The van der Waals surface area contributed by atoms with Gasteiger partial charge in [-0.05, 0) is 36.6 Å². The molecule has 1 unspecified atom stereocenters. The van der Waals surface area contributed by atoms with Gasteiger partial charge in [-0.25, -0.2) is 8.42 Å². The number of fused-ring (bicyclic) bond motifs is 1. The van der Waals surface area contributed by atoms with E-state index in [2.05, 4.69) is 0 Å². The lowest BCUT2D eigenvalue weighted by atomic mass is 9.92. The van der Waals surface area contributed by atoms with E-state index in [1.807, 2.05) is 31.2 Å². The monoisotopic (exact) mass is 344 g/mol. The van der Waals surface area contributed by atoms with Crippen molar-refractivity contribution in [3.8, 4) is 0 Å². The smallest absolute Gasteiger partial charge is 0.243 e. The second kappa shape index (κ2) is 6.37. The van der Waals surface area contributed by atoms with Crippen molar-refractivity contribution < 1.29 is 13.2 Å². The van der Waals surface area contributed by atoms with Crippen LogP contribution in [0.2, 0.25) is 0 Å². The van der Waals surface area contributed by atoms with Crippen LogP contribution in [0.1, 0.15) is 29.2 Å². The van der Waals surface area contributed by atoms with Gasteiger partial charge in [-0.2, -0.15) is 4.31 Å². The number of amides is 1. The summed E-state index contributed by atoms with van der Waals surface area (Å²) in [5.41, 5.74) is 8.30. The first kappa shape index (κ1) is 16.7. The lowest BCUT2D eigenvalue weighted by Crippen LogP contribution is -2.41. The van der Waals surface area contributed by atoms with E-state index in [0.717, 1.165) is 16.7 Å². The second-order valence-electron chi connectivity index (χ2n) is 6.06. The predicted molar refractivity (Wildman–Crippen MR) is 91.8 cm³/mol. The molecule has 1 aliphatic rings. The van der Waals surface area contributed by atoms with Crippen LogP contribution in [0.15, 0.2) is 53.4 Å². The Kier molecular flexibility index (Phi) is 4.43. The van der Waals surface area contributed by atoms with E-state index in [1.54, 1.807) is 24.3 Å². The Morgan fingerprint density at radius 2 is 1.83 bits per heavy atom. The van der Waals surface area contributed by atoms with Crippen molar-refractivity contribution in [1.29, 1.82) is 0 Å². The maximum atomic E-state index is 13.1. The van der Waals surface area contributed by atoms with Crippen LogP contribution >= 0.6 is 0 Å². The number of aryl methyl sites for hydroxylation is 1. The lowest BCUT2D eigenvalue weighted by molar-refractivity contribution is -0.118. The summed E-state index contributed by atoms with van der Waals surface area (Å²) in [6, 6.07) is 13.8. The van der Waals surface area contributed by atoms with Crippen molar-refractivity contribution >= 4 is 15.9 Å². The van der Waals surface area contributed by atoms with E-state index in [4.69, 9.17) is 5.73 Å². The van der Waals surface area contributed by atoms with Gasteiger partial charge in [0.25, 0.3) is 0 Å². The maximum Gasteiger partial charge on any atom is 0.243 e. The Morgan fingerprint density at radius 1 is 1.17 bits per heavy atom. The highest BCUT2D eigenvalue weighted by Gasteiger charge is 2.36. The zero-order valence-electron chi connectivity index (χ0n) is 13.5. The normalized spacial score (nSPS) is 18.1. The maximum absolute atomic E-state index is 13.1. The molecule has 2 aromatic rings. The quantitative estimate of drug-likeness (QED) is 0.923. The number of nitrogens with two attached hydrogens (primary N) is 1. The molecule has 0 aromatic heterocycles. The topological polar surface area (TPSA) is 80.5 Å². The van der Waals surface area contributed by atoms with Crippen molar-refractivity contribution in [3.63, 3.8) is 0 Å². The van der Waals surface area contributed by atoms with Crippen LogP contribution in [0.3, 0.4) is 0 Å². The fourth-order valence-corrected chi connectivity index (χ4v) is 4.77. The minimum atomic E-state index is -3.69. The molecule has 1 heterocycles. The average molecular weight is 344 g/mol. The second-order valence-corrected chi connectivity index (χ2v) is 7.95. The molecule has 1 atom stereocenters. The van der Waals surface area contributed by atoms with Crippen molar-refractivity contribution in [2.75, 3.05) is 6.54 Å². The molecular formula is C18H20N2O3S. The highest BCUT2D eigenvalue weighted by Crippen LogP contribution is 2.36. The van der Waals surface area contributed by atoms with Gasteiger partial charge in [-0.3, -0.25) is 4.79 Å². The van der Waals surface area contributed by atoms with Gasteiger partial charge in [0.05, 0.1) is 10.9 Å². The molecule has 6 heteroatoms. The van der Waals surface area contributed by atoms with E-state index in [1.165, 1.54) is 4.31 Å². The molecule has 0 aliphatic carbocycles. The van der Waals surface area contributed by atoms with E-state index >= 15 is 0 Å². The fraction of sp³-hybridized carbons (Fsp3) is 0.278. The Labute approximate surface area is 142 Å². The third kappa shape index (κ3) is 3.07. The number of nitrogens with zero attached hydrogens (tertiary/aromatic N) is 1. The van der Waals surface area contributed by atoms with Gasteiger partial charge in [-0.15, -0.1) is 0 Å². The Hall–Kier alpha value is -2.18. The number of carbonyl (C=O) groups excluding carboxylic acids is 1. The number of carbonyl (C=O) groups is 1. The summed E-state index contributed by atoms with van der Waals surface area (Å²) in [5, 5.41) is 0. The number of benzene rings is 2. The zero-order valence-corrected chi connectivity index (χ0v) is 14.3. The molecule has 126 valence electrons. The average Bonchev–Trinajstić information content (AvgIpc) is 2.55. The first-order valence-electron chi connectivity index (χ1n) is 7.84. The minimum absolute atomic E-state index is 0.0257. The molecule has 0 saturated carbocycles. The number of hydrogen-bond donors (Lipinski definition) is 1. The summed E-state index contributed by atoms with van der Waals surface area (Å²) in [6.07, 6.45) is 0.596. The molecule has 0 saturated heterocycles. The van der Waals surface area contributed by atoms with Crippen molar-refractivity contribution in [1.82, 2.24) is 4.31 Å². The van der Waals surface area contributed by atoms with Gasteiger partial charge in [-0.1, -0.05) is 42.0 Å². The molecule has 5 nitrogen and oxygen atoms in total. The van der Waals surface area contributed by atoms with E-state index in [9.17, 15) is 13.2 Å². The van der Waals surface area contributed by atoms with Gasteiger partial charge >= 0.3 is 0 Å². The Bertz CT molecular complexity index is 860. The minimum Gasteiger partial charge on any atom is -0.370 e. The van der Waals surface area contributed by atoms with Crippen LogP contribution in [-0.4, -0.2) is 25.2 Å².